The Morgan fingerprint density at radius 2 is 1.77 bits per heavy atom. The van der Waals surface area contributed by atoms with Crippen LogP contribution in [-0.2, 0) is 17.8 Å². The highest BCUT2D eigenvalue weighted by molar-refractivity contribution is 5.91. The number of aromatic nitrogens is 2. The Hall–Kier alpha value is -3.28. The van der Waals surface area contributed by atoms with Gasteiger partial charge in [-0.15, -0.1) is 0 Å². The molecule has 0 aliphatic heterocycles. The second-order valence-corrected chi connectivity index (χ2v) is 5.80. The van der Waals surface area contributed by atoms with E-state index in [0.717, 1.165) is 11.1 Å². The number of carbonyl (C=O) groups is 1. The third-order valence-electron chi connectivity index (χ3n) is 3.91. The van der Waals surface area contributed by atoms with Crippen LogP contribution in [0.4, 0.5) is 5.82 Å². The number of hydrogen-bond acceptors (Lipinski definition) is 4. The maximum absolute atomic E-state index is 12.3. The summed E-state index contributed by atoms with van der Waals surface area (Å²) in [6.07, 6.45) is 2.07. The molecule has 0 saturated carbocycles. The van der Waals surface area contributed by atoms with E-state index in [-0.39, 0.29) is 12.3 Å². The smallest absolute Gasteiger partial charge is 0.229 e. The molecule has 6 nitrogen and oxygen atoms in total. The van der Waals surface area contributed by atoms with E-state index in [4.69, 9.17) is 9.47 Å². The number of methoxy groups -OCH3 is 2. The summed E-state index contributed by atoms with van der Waals surface area (Å²) in [5.74, 6) is 1.63. The maximum Gasteiger partial charge on any atom is 0.229 e. The number of hydrogen-bond donors (Lipinski definition) is 1. The van der Waals surface area contributed by atoms with Gasteiger partial charge in [0.05, 0.1) is 27.2 Å². The van der Waals surface area contributed by atoms with E-state index < -0.39 is 0 Å². The summed E-state index contributed by atoms with van der Waals surface area (Å²) in [6.45, 7) is 0.659. The van der Waals surface area contributed by atoms with Crippen LogP contribution in [-0.4, -0.2) is 29.9 Å². The third-order valence-corrected chi connectivity index (χ3v) is 3.91. The van der Waals surface area contributed by atoms with Gasteiger partial charge < -0.3 is 14.8 Å². The van der Waals surface area contributed by atoms with Gasteiger partial charge in [0.15, 0.2) is 17.3 Å². The second kappa shape index (κ2) is 8.20. The fourth-order valence-corrected chi connectivity index (χ4v) is 2.65. The molecular weight excluding hydrogens is 330 g/mol. The molecule has 3 aromatic rings. The van der Waals surface area contributed by atoms with E-state index in [1.807, 2.05) is 42.6 Å². The van der Waals surface area contributed by atoms with Crippen molar-refractivity contribution in [1.29, 1.82) is 0 Å². The highest BCUT2D eigenvalue weighted by atomic mass is 16.5. The highest BCUT2D eigenvalue weighted by Crippen LogP contribution is 2.27. The molecule has 6 heteroatoms. The molecule has 0 aliphatic carbocycles. The van der Waals surface area contributed by atoms with Gasteiger partial charge >= 0.3 is 0 Å². The van der Waals surface area contributed by atoms with E-state index >= 15 is 0 Å². The second-order valence-electron chi connectivity index (χ2n) is 5.80. The zero-order valence-electron chi connectivity index (χ0n) is 14.8. The van der Waals surface area contributed by atoms with Crippen LogP contribution in [0.5, 0.6) is 11.5 Å². The van der Waals surface area contributed by atoms with Gasteiger partial charge in [-0.25, -0.2) is 0 Å². The normalized spacial score (nSPS) is 10.4. The predicted octanol–water partition coefficient (Wildman–Crippen LogP) is 3.13. The number of anilines is 1. The highest BCUT2D eigenvalue weighted by Gasteiger charge is 2.10. The lowest BCUT2D eigenvalue weighted by molar-refractivity contribution is -0.115. The van der Waals surface area contributed by atoms with Crippen molar-refractivity contribution in [2.75, 3.05) is 19.5 Å². The van der Waals surface area contributed by atoms with Gasteiger partial charge in [0.1, 0.15) is 0 Å². The predicted molar refractivity (Wildman–Crippen MR) is 99.7 cm³/mol. The van der Waals surface area contributed by atoms with Gasteiger partial charge in [-0.3, -0.25) is 9.48 Å². The van der Waals surface area contributed by atoms with Gasteiger partial charge in [-0.05, 0) is 23.3 Å². The number of ether oxygens (including phenoxy) is 2. The quantitative estimate of drug-likeness (QED) is 0.710. The molecule has 1 aromatic heterocycles. The summed E-state index contributed by atoms with van der Waals surface area (Å²) in [5, 5.41) is 7.21. The molecule has 134 valence electrons. The molecule has 2 aromatic carbocycles. The van der Waals surface area contributed by atoms with Gasteiger partial charge in [0.25, 0.3) is 0 Å². The van der Waals surface area contributed by atoms with Crippen molar-refractivity contribution in [3.8, 4) is 11.5 Å². The lowest BCUT2D eigenvalue weighted by Crippen LogP contribution is -2.15. The first-order valence-electron chi connectivity index (χ1n) is 8.26. The molecular formula is C20H21N3O3. The van der Waals surface area contributed by atoms with Crippen molar-refractivity contribution in [3.05, 3.63) is 71.9 Å². The Labute approximate surface area is 152 Å². The average molecular weight is 351 g/mol. The first-order valence-corrected chi connectivity index (χ1v) is 8.26. The van der Waals surface area contributed by atoms with Crippen molar-refractivity contribution in [3.63, 3.8) is 0 Å². The zero-order valence-corrected chi connectivity index (χ0v) is 14.8. The average Bonchev–Trinajstić information content (AvgIpc) is 3.09. The maximum atomic E-state index is 12.3. The molecule has 1 N–H and O–H groups in total. The zero-order chi connectivity index (χ0) is 18.4. The fraction of sp³-hybridized carbons (Fsp3) is 0.200. The van der Waals surface area contributed by atoms with Gasteiger partial charge in [-0.2, -0.15) is 5.10 Å². The molecule has 26 heavy (non-hydrogen) atoms. The number of nitrogens with zero attached hydrogens (tertiary/aromatic N) is 2. The Morgan fingerprint density at radius 3 is 2.50 bits per heavy atom. The van der Waals surface area contributed by atoms with Crippen LogP contribution in [0.3, 0.4) is 0 Å². The topological polar surface area (TPSA) is 65.4 Å². The minimum atomic E-state index is -0.137. The van der Waals surface area contributed by atoms with Crippen LogP contribution < -0.4 is 14.8 Å². The van der Waals surface area contributed by atoms with Gasteiger partial charge in [0, 0.05) is 12.3 Å². The summed E-state index contributed by atoms with van der Waals surface area (Å²) < 4.78 is 12.3. The van der Waals surface area contributed by atoms with E-state index in [1.165, 1.54) is 0 Å². The molecule has 3 rings (SSSR count). The minimum Gasteiger partial charge on any atom is -0.493 e. The summed E-state index contributed by atoms with van der Waals surface area (Å²) in [5.41, 5.74) is 1.99. The van der Waals surface area contributed by atoms with Crippen LogP contribution in [0.1, 0.15) is 11.1 Å². The van der Waals surface area contributed by atoms with Crippen molar-refractivity contribution < 1.29 is 14.3 Å². The molecule has 0 fully saturated rings. The minimum absolute atomic E-state index is 0.137. The van der Waals surface area contributed by atoms with Gasteiger partial charge in [0.2, 0.25) is 5.91 Å². The monoisotopic (exact) mass is 351 g/mol. The van der Waals surface area contributed by atoms with Gasteiger partial charge in [-0.1, -0.05) is 36.4 Å². The Bertz CT molecular complexity index is 875. The Balaban J connectivity index is 1.60. The number of nitrogens with one attached hydrogen (secondary N) is 1. The molecule has 0 saturated heterocycles. The lowest BCUT2D eigenvalue weighted by atomic mass is 10.1. The number of rotatable bonds is 7. The van der Waals surface area contributed by atoms with E-state index in [1.54, 1.807) is 37.1 Å². The molecule has 0 bridgehead atoms. The SMILES string of the molecule is COc1ccc(CC(=O)Nc2ccn(Cc3ccccc3)n2)cc1OC. The first kappa shape index (κ1) is 17.5. The molecule has 0 unspecified atom stereocenters. The molecule has 0 aliphatic rings. The Kier molecular flexibility index (Phi) is 5.53. The van der Waals surface area contributed by atoms with E-state index in [9.17, 15) is 4.79 Å². The summed E-state index contributed by atoms with van der Waals surface area (Å²) in [4.78, 5) is 12.3. The van der Waals surface area contributed by atoms with Crippen molar-refractivity contribution in [1.82, 2.24) is 9.78 Å². The largest absolute Gasteiger partial charge is 0.493 e. The molecule has 0 radical (unpaired) electrons. The summed E-state index contributed by atoms with van der Waals surface area (Å²) >= 11 is 0. The molecule has 0 spiro atoms. The van der Waals surface area contributed by atoms with E-state index in [2.05, 4.69) is 10.4 Å². The molecule has 0 atom stereocenters. The summed E-state index contributed by atoms with van der Waals surface area (Å²) in [7, 11) is 3.15. The van der Waals surface area contributed by atoms with Crippen LogP contribution >= 0.6 is 0 Å². The van der Waals surface area contributed by atoms with Crippen molar-refractivity contribution in [2.24, 2.45) is 0 Å². The van der Waals surface area contributed by atoms with E-state index in [0.29, 0.717) is 23.9 Å². The standard InChI is InChI=1S/C20H21N3O3/c1-25-17-9-8-16(12-18(17)26-2)13-20(24)21-19-10-11-23(22-19)14-15-6-4-3-5-7-15/h3-12H,13-14H2,1-2H3,(H,21,22,24). The third kappa shape index (κ3) is 4.42. The number of amides is 1. The molecule has 1 amide bonds. The lowest BCUT2D eigenvalue weighted by Gasteiger charge is -2.09. The fourth-order valence-electron chi connectivity index (χ4n) is 2.65. The first-order chi connectivity index (χ1) is 12.7. The van der Waals surface area contributed by atoms with Crippen molar-refractivity contribution >= 4 is 11.7 Å². The Morgan fingerprint density at radius 1 is 1.00 bits per heavy atom. The van der Waals surface area contributed by atoms with Crippen LogP contribution in [0.25, 0.3) is 0 Å². The molecule has 1 heterocycles. The van der Waals surface area contributed by atoms with Crippen LogP contribution in [0.2, 0.25) is 0 Å². The number of carbonyl (C=O) groups excluding carboxylic acids is 1. The van der Waals surface area contributed by atoms with Crippen LogP contribution in [0, 0.1) is 0 Å². The number of benzene rings is 2. The van der Waals surface area contributed by atoms with Crippen molar-refractivity contribution in [2.45, 2.75) is 13.0 Å². The summed E-state index contributed by atoms with van der Waals surface area (Å²) in [6, 6.07) is 17.3. The van der Waals surface area contributed by atoms with Crippen LogP contribution in [0.15, 0.2) is 60.8 Å².